The number of nitrogens with zero attached hydrogens (tertiary/aromatic N) is 2. The third kappa shape index (κ3) is 5.57. The van der Waals surface area contributed by atoms with Gasteiger partial charge in [-0.1, -0.05) is 12.1 Å². The number of aryl methyl sites for hydroxylation is 1. The average molecular weight is 440 g/mol. The van der Waals surface area contributed by atoms with Gasteiger partial charge in [-0.25, -0.2) is 9.37 Å². The summed E-state index contributed by atoms with van der Waals surface area (Å²) in [6.45, 7) is 2.51. The Hall–Kier alpha value is -3.10. The first-order valence-corrected chi connectivity index (χ1v) is 10.7. The van der Waals surface area contributed by atoms with Gasteiger partial charge in [0.05, 0.1) is 30.3 Å². The maximum atomic E-state index is 13.1. The number of halogens is 1. The number of nitro groups is 1. The molecule has 8 heteroatoms. The van der Waals surface area contributed by atoms with Crippen LogP contribution < -0.4 is 0 Å². The molecule has 0 spiro atoms. The van der Waals surface area contributed by atoms with E-state index in [9.17, 15) is 14.5 Å². The van der Waals surface area contributed by atoms with Gasteiger partial charge < -0.3 is 13.9 Å². The predicted octanol–water partition coefficient (Wildman–Crippen LogP) is 5.74. The topological polar surface area (TPSA) is 87.6 Å². The van der Waals surface area contributed by atoms with Crippen molar-refractivity contribution in [3.05, 3.63) is 81.5 Å². The quantitative estimate of drug-likeness (QED) is 0.328. The Kier molecular flexibility index (Phi) is 6.92. The third-order valence-electron chi connectivity index (χ3n) is 5.62. The first-order chi connectivity index (χ1) is 15.5. The van der Waals surface area contributed by atoms with Crippen molar-refractivity contribution in [3.63, 3.8) is 0 Å². The molecule has 3 aromatic rings. The van der Waals surface area contributed by atoms with Crippen molar-refractivity contribution in [2.24, 2.45) is 0 Å². The Morgan fingerprint density at radius 2 is 1.84 bits per heavy atom. The van der Waals surface area contributed by atoms with E-state index in [1.165, 1.54) is 18.2 Å². The van der Waals surface area contributed by atoms with Crippen LogP contribution in [-0.2, 0) is 22.7 Å². The summed E-state index contributed by atoms with van der Waals surface area (Å²) in [6.07, 6.45) is 3.72. The van der Waals surface area contributed by atoms with Crippen LogP contribution in [0.2, 0.25) is 0 Å². The summed E-state index contributed by atoms with van der Waals surface area (Å²) >= 11 is 0. The minimum absolute atomic E-state index is 0.0428. The number of rotatable bonds is 8. The minimum Gasteiger partial charge on any atom is -0.441 e. The Balaban J connectivity index is 1.29. The van der Waals surface area contributed by atoms with Crippen LogP contribution in [0.25, 0.3) is 11.5 Å². The second-order valence-corrected chi connectivity index (χ2v) is 7.99. The van der Waals surface area contributed by atoms with Gasteiger partial charge in [0, 0.05) is 17.7 Å². The summed E-state index contributed by atoms with van der Waals surface area (Å²) in [4.78, 5) is 15.0. The van der Waals surface area contributed by atoms with Crippen LogP contribution in [-0.4, -0.2) is 22.1 Å². The van der Waals surface area contributed by atoms with Gasteiger partial charge in [0.15, 0.2) is 0 Å². The zero-order chi connectivity index (χ0) is 22.5. The largest absolute Gasteiger partial charge is 0.441 e. The third-order valence-corrected chi connectivity index (χ3v) is 5.62. The molecule has 1 aliphatic rings. The summed E-state index contributed by atoms with van der Waals surface area (Å²) in [5.41, 5.74) is 2.30. The van der Waals surface area contributed by atoms with E-state index in [4.69, 9.17) is 13.9 Å². The lowest BCUT2D eigenvalue weighted by molar-refractivity contribution is -0.385. The molecule has 2 atom stereocenters. The van der Waals surface area contributed by atoms with Crippen molar-refractivity contribution >= 4 is 5.69 Å². The van der Waals surface area contributed by atoms with Crippen molar-refractivity contribution in [2.75, 3.05) is 0 Å². The van der Waals surface area contributed by atoms with E-state index in [0.29, 0.717) is 30.4 Å². The SMILES string of the molecule is Cc1oc(-c2ccc(F)cc2)nc1CO[C@@H]1CCC[C@H](OCc2cccc([N+](=O)[O-])c2)C1. The van der Waals surface area contributed by atoms with Gasteiger partial charge in [0.2, 0.25) is 5.89 Å². The number of non-ortho nitro benzene ring substituents is 1. The maximum absolute atomic E-state index is 13.1. The molecule has 0 amide bonds. The van der Waals surface area contributed by atoms with Crippen molar-refractivity contribution < 1.29 is 23.2 Å². The average Bonchev–Trinajstić information content (AvgIpc) is 3.17. The first-order valence-electron chi connectivity index (χ1n) is 10.7. The van der Waals surface area contributed by atoms with Gasteiger partial charge >= 0.3 is 0 Å². The molecule has 1 saturated carbocycles. The van der Waals surface area contributed by atoms with E-state index in [0.717, 1.165) is 36.9 Å². The number of hydrogen-bond acceptors (Lipinski definition) is 6. The Morgan fingerprint density at radius 3 is 2.56 bits per heavy atom. The molecule has 0 saturated heterocycles. The lowest BCUT2D eigenvalue weighted by Crippen LogP contribution is -2.28. The molecule has 7 nitrogen and oxygen atoms in total. The fourth-order valence-corrected chi connectivity index (χ4v) is 3.85. The second kappa shape index (κ2) is 10.0. The maximum Gasteiger partial charge on any atom is 0.269 e. The molecule has 168 valence electrons. The molecule has 0 aliphatic heterocycles. The van der Waals surface area contributed by atoms with Gasteiger partial charge in [-0.05, 0) is 62.4 Å². The number of benzene rings is 2. The zero-order valence-electron chi connectivity index (χ0n) is 17.8. The van der Waals surface area contributed by atoms with Gasteiger partial charge in [0.25, 0.3) is 5.69 Å². The normalized spacial score (nSPS) is 18.6. The standard InChI is InChI=1S/C24H25FN2O5/c1-16-23(26-24(32-16)18-8-10-19(25)11-9-18)15-31-22-7-3-6-21(13-22)30-14-17-4-2-5-20(12-17)27(28)29/h2,4-5,8-12,21-22H,3,6-7,13-15H2,1H3/t21-,22+/m0/s1. The van der Waals surface area contributed by atoms with E-state index in [1.807, 2.05) is 13.0 Å². The Bertz CT molecular complexity index is 1070. The summed E-state index contributed by atoms with van der Waals surface area (Å²) < 4.78 is 31.0. The molecule has 0 radical (unpaired) electrons. The molecule has 1 heterocycles. The number of oxazole rings is 1. The van der Waals surface area contributed by atoms with E-state index in [-0.39, 0.29) is 23.7 Å². The van der Waals surface area contributed by atoms with Gasteiger partial charge in [-0.3, -0.25) is 10.1 Å². The van der Waals surface area contributed by atoms with Gasteiger partial charge in [0.1, 0.15) is 17.3 Å². The molecule has 2 aromatic carbocycles. The summed E-state index contributed by atoms with van der Waals surface area (Å²) in [6, 6.07) is 12.5. The second-order valence-electron chi connectivity index (χ2n) is 7.99. The first kappa shape index (κ1) is 22.1. The van der Waals surface area contributed by atoms with Crippen LogP contribution in [0, 0.1) is 22.9 Å². The highest BCUT2D eigenvalue weighted by atomic mass is 19.1. The molecular formula is C24H25FN2O5. The number of nitro benzene ring substituents is 1. The van der Waals surface area contributed by atoms with E-state index < -0.39 is 4.92 Å². The van der Waals surface area contributed by atoms with Crippen LogP contribution in [0.1, 0.15) is 42.7 Å². The Labute approximate surface area is 185 Å². The molecule has 0 N–H and O–H groups in total. The lowest BCUT2D eigenvalue weighted by atomic mass is 9.95. The van der Waals surface area contributed by atoms with Gasteiger partial charge in [-0.2, -0.15) is 0 Å². The minimum atomic E-state index is -0.401. The molecule has 4 rings (SSSR count). The number of ether oxygens (including phenoxy) is 2. The fourth-order valence-electron chi connectivity index (χ4n) is 3.85. The van der Waals surface area contributed by atoms with Crippen molar-refractivity contribution in [3.8, 4) is 11.5 Å². The molecule has 1 fully saturated rings. The fraction of sp³-hybridized carbons (Fsp3) is 0.375. The van der Waals surface area contributed by atoms with Crippen LogP contribution in [0.15, 0.2) is 52.9 Å². The summed E-state index contributed by atoms with van der Waals surface area (Å²) in [5, 5.41) is 10.9. The summed E-state index contributed by atoms with van der Waals surface area (Å²) in [7, 11) is 0. The molecule has 1 aliphatic carbocycles. The van der Waals surface area contributed by atoms with Crippen LogP contribution in [0.5, 0.6) is 0 Å². The monoisotopic (exact) mass is 440 g/mol. The molecular weight excluding hydrogens is 415 g/mol. The smallest absolute Gasteiger partial charge is 0.269 e. The van der Waals surface area contributed by atoms with Crippen molar-refractivity contribution in [1.82, 2.24) is 4.98 Å². The molecule has 0 unspecified atom stereocenters. The van der Waals surface area contributed by atoms with Crippen LogP contribution in [0.4, 0.5) is 10.1 Å². The molecule has 32 heavy (non-hydrogen) atoms. The van der Waals surface area contributed by atoms with Crippen molar-refractivity contribution in [2.45, 2.75) is 58.0 Å². The van der Waals surface area contributed by atoms with Gasteiger partial charge in [-0.15, -0.1) is 0 Å². The molecule has 0 bridgehead atoms. The van der Waals surface area contributed by atoms with Crippen LogP contribution in [0.3, 0.4) is 0 Å². The number of hydrogen-bond donors (Lipinski definition) is 0. The lowest BCUT2D eigenvalue weighted by Gasteiger charge is -2.29. The predicted molar refractivity (Wildman–Crippen MR) is 115 cm³/mol. The Morgan fingerprint density at radius 1 is 1.12 bits per heavy atom. The zero-order valence-corrected chi connectivity index (χ0v) is 17.8. The highest BCUT2D eigenvalue weighted by molar-refractivity contribution is 5.53. The van der Waals surface area contributed by atoms with E-state index in [1.54, 1.807) is 24.3 Å². The number of aromatic nitrogens is 1. The summed E-state index contributed by atoms with van der Waals surface area (Å²) in [5.74, 6) is 0.821. The molecule has 1 aromatic heterocycles. The highest BCUT2D eigenvalue weighted by Gasteiger charge is 2.24. The van der Waals surface area contributed by atoms with E-state index >= 15 is 0 Å². The highest BCUT2D eigenvalue weighted by Crippen LogP contribution is 2.27. The van der Waals surface area contributed by atoms with Crippen LogP contribution >= 0.6 is 0 Å². The van der Waals surface area contributed by atoms with Crippen molar-refractivity contribution in [1.29, 1.82) is 0 Å². The van der Waals surface area contributed by atoms with E-state index in [2.05, 4.69) is 4.98 Å².